The average molecular weight is 309 g/mol. The topological polar surface area (TPSA) is 70.2 Å². The van der Waals surface area contributed by atoms with Gasteiger partial charge >= 0.3 is 6.03 Å². The number of hydrogen-bond acceptors (Lipinski definition) is 4. The molecule has 5 nitrogen and oxygen atoms in total. The second kappa shape index (κ2) is 8.69. The Kier molecular flexibility index (Phi) is 7.25. The van der Waals surface area contributed by atoms with E-state index >= 15 is 0 Å². The number of benzene rings is 1. The van der Waals surface area contributed by atoms with Crippen LogP contribution in [-0.4, -0.2) is 30.3 Å². The number of imide groups is 1. The molecule has 0 heterocycles. The monoisotopic (exact) mass is 309 g/mol. The van der Waals surface area contributed by atoms with Gasteiger partial charge < -0.3 is 10.6 Å². The minimum atomic E-state index is -0.484. The predicted molar refractivity (Wildman–Crippen MR) is 86.3 cm³/mol. The van der Waals surface area contributed by atoms with Crippen LogP contribution >= 0.6 is 11.8 Å². The summed E-state index contributed by atoms with van der Waals surface area (Å²) < 4.78 is 0. The van der Waals surface area contributed by atoms with Crippen LogP contribution in [0.2, 0.25) is 0 Å². The van der Waals surface area contributed by atoms with E-state index in [0.29, 0.717) is 6.04 Å². The van der Waals surface area contributed by atoms with Gasteiger partial charge in [0, 0.05) is 24.5 Å². The van der Waals surface area contributed by atoms with Crippen molar-refractivity contribution in [1.82, 2.24) is 16.0 Å². The van der Waals surface area contributed by atoms with Gasteiger partial charge in [-0.1, -0.05) is 26.0 Å². The summed E-state index contributed by atoms with van der Waals surface area (Å²) in [5, 5.41) is 7.66. The fourth-order valence-electron chi connectivity index (χ4n) is 1.58. The third kappa shape index (κ3) is 6.64. The van der Waals surface area contributed by atoms with Crippen LogP contribution in [0.1, 0.15) is 26.3 Å². The first-order valence-electron chi connectivity index (χ1n) is 6.94. The van der Waals surface area contributed by atoms with Crippen LogP contribution in [0.5, 0.6) is 0 Å². The Labute approximate surface area is 130 Å². The van der Waals surface area contributed by atoms with Crippen molar-refractivity contribution < 1.29 is 9.59 Å². The summed E-state index contributed by atoms with van der Waals surface area (Å²) in [6, 6.07) is 8.00. The molecule has 0 fully saturated rings. The lowest BCUT2D eigenvalue weighted by atomic mass is 10.2. The number of thioether (sulfide) groups is 1. The second-order valence-electron chi connectivity index (χ2n) is 5.01. The molecule has 0 bridgehead atoms. The molecule has 0 aromatic heterocycles. The van der Waals surface area contributed by atoms with Crippen LogP contribution in [0, 0.1) is 0 Å². The molecule has 21 heavy (non-hydrogen) atoms. The van der Waals surface area contributed by atoms with Crippen LogP contribution in [0.15, 0.2) is 29.2 Å². The van der Waals surface area contributed by atoms with Crippen molar-refractivity contribution in [1.29, 1.82) is 0 Å². The van der Waals surface area contributed by atoms with Crippen molar-refractivity contribution in [2.24, 2.45) is 0 Å². The van der Waals surface area contributed by atoms with Crippen molar-refractivity contribution in [2.45, 2.75) is 43.5 Å². The molecule has 6 heteroatoms. The lowest BCUT2D eigenvalue weighted by Gasteiger charge is -2.12. The summed E-state index contributed by atoms with van der Waals surface area (Å²) in [6.45, 7) is 6.78. The van der Waals surface area contributed by atoms with E-state index in [1.807, 2.05) is 12.1 Å². The highest BCUT2D eigenvalue weighted by Crippen LogP contribution is 2.24. The summed E-state index contributed by atoms with van der Waals surface area (Å²) >= 11 is 1.43. The summed E-state index contributed by atoms with van der Waals surface area (Å²) in [5.41, 5.74) is 1.17. The Hall–Kier alpha value is -1.53. The van der Waals surface area contributed by atoms with E-state index in [0.717, 1.165) is 11.4 Å². The van der Waals surface area contributed by atoms with Gasteiger partial charge in [-0.15, -0.1) is 11.8 Å². The number of carbonyl (C=O) groups excluding carboxylic acids is 2. The van der Waals surface area contributed by atoms with Gasteiger partial charge in [-0.05, 0) is 24.6 Å². The van der Waals surface area contributed by atoms with Crippen molar-refractivity contribution >= 4 is 23.7 Å². The number of rotatable bonds is 6. The lowest BCUT2D eigenvalue weighted by molar-refractivity contribution is -0.119. The third-order valence-corrected chi connectivity index (χ3v) is 3.85. The fraction of sp³-hybridized carbons (Fsp3) is 0.467. The molecule has 1 atom stereocenters. The molecule has 0 radical (unpaired) electrons. The molecular weight excluding hydrogens is 286 g/mol. The minimum Gasteiger partial charge on any atom is -0.341 e. The number of amides is 3. The normalized spacial score (nSPS) is 12.0. The van der Waals surface area contributed by atoms with Gasteiger partial charge in [0.2, 0.25) is 5.91 Å². The van der Waals surface area contributed by atoms with Gasteiger partial charge in [0.1, 0.15) is 0 Å². The SMILES string of the molecule is CNC(=O)NC(=O)C(C)Sc1cccc(CNC(C)C)c1. The van der Waals surface area contributed by atoms with Gasteiger partial charge in [-0.25, -0.2) is 4.79 Å². The Morgan fingerprint density at radius 2 is 1.95 bits per heavy atom. The highest BCUT2D eigenvalue weighted by Gasteiger charge is 2.16. The van der Waals surface area contributed by atoms with Crippen LogP contribution < -0.4 is 16.0 Å². The molecule has 0 aliphatic heterocycles. The molecule has 0 aliphatic rings. The molecule has 0 saturated carbocycles. The Morgan fingerprint density at radius 1 is 1.24 bits per heavy atom. The van der Waals surface area contributed by atoms with Crippen LogP contribution in [0.4, 0.5) is 4.79 Å². The molecule has 3 N–H and O–H groups in total. The molecule has 0 aliphatic carbocycles. The van der Waals surface area contributed by atoms with Crippen LogP contribution in [-0.2, 0) is 11.3 Å². The summed E-state index contributed by atoms with van der Waals surface area (Å²) in [7, 11) is 1.48. The van der Waals surface area contributed by atoms with E-state index in [4.69, 9.17) is 0 Å². The van der Waals surface area contributed by atoms with Crippen molar-refractivity contribution in [3.05, 3.63) is 29.8 Å². The number of carbonyl (C=O) groups is 2. The molecule has 1 rings (SSSR count). The zero-order valence-corrected chi connectivity index (χ0v) is 13.7. The number of nitrogens with one attached hydrogen (secondary N) is 3. The Morgan fingerprint density at radius 3 is 2.57 bits per heavy atom. The maximum atomic E-state index is 11.8. The Balaban J connectivity index is 2.59. The fourth-order valence-corrected chi connectivity index (χ4v) is 2.54. The zero-order valence-electron chi connectivity index (χ0n) is 12.9. The molecule has 1 aromatic carbocycles. The maximum Gasteiger partial charge on any atom is 0.321 e. The Bertz CT molecular complexity index is 492. The number of hydrogen-bond donors (Lipinski definition) is 3. The van der Waals surface area contributed by atoms with Gasteiger partial charge in [0.25, 0.3) is 0 Å². The van der Waals surface area contributed by atoms with Gasteiger partial charge in [-0.3, -0.25) is 10.1 Å². The van der Waals surface area contributed by atoms with Gasteiger partial charge in [-0.2, -0.15) is 0 Å². The average Bonchev–Trinajstić information content (AvgIpc) is 2.45. The van der Waals surface area contributed by atoms with E-state index < -0.39 is 6.03 Å². The minimum absolute atomic E-state index is 0.301. The largest absolute Gasteiger partial charge is 0.341 e. The molecule has 0 spiro atoms. The first-order chi connectivity index (χ1) is 9.92. The molecule has 1 unspecified atom stereocenters. The van der Waals surface area contributed by atoms with Gasteiger partial charge in [0.05, 0.1) is 5.25 Å². The van der Waals surface area contributed by atoms with Crippen LogP contribution in [0.25, 0.3) is 0 Å². The summed E-state index contributed by atoms with van der Waals surface area (Å²) in [5.74, 6) is -0.301. The molecular formula is C15H23N3O2S. The van der Waals surface area contributed by atoms with E-state index in [1.165, 1.54) is 24.4 Å². The van der Waals surface area contributed by atoms with Crippen LogP contribution in [0.3, 0.4) is 0 Å². The van der Waals surface area contributed by atoms with Crippen molar-refractivity contribution in [3.63, 3.8) is 0 Å². The first kappa shape index (κ1) is 17.5. The third-order valence-electron chi connectivity index (χ3n) is 2.76. The summed E-state index contributed by atoms with van der Waals surface area (Å²) in [4.78, 5) is 23.9. The van der Waals surface area contributed by atoms with E-state index in [1.54, 1.807) is 6.92 Å². The lowest BCUT2D eigenvalue weighted by Crippen LogP contribution is -2.41. The molecule has 116 valence electrons. The second-order valence-corrected chi connectivity index (χ2v) is 6.43. The van der Waals surface area contributed by atoms with Crippen molar-refractivity contribution in [3.8, 4) is 0 Å². The first-order valence-corrected chi connectivity index (χ1v) is 7.82. The predicted octanol–water partition coefficient (Wildman–Crippen LogP) is 2.12. The highest BCUT2D eigenvalue weighted by atomic mass is 32.2. The van der Waals surface area contributed by atoms with E-state index in [-0.39, 0.29) is 11.2 Å². The van der Waals surface area contributed by atoms with Crippen molar-refractivity contribution in [2.75, 3.05) is 7.05 Å². The molecule has 3 amide bonds. The zero-order chi connectivity index (χ0) is 15.8. The van der Waals surface area contributed by atoms with Gasteiger partial charge in [0.15, 0.2) is 0 Å². The standard InChI is InChI=1S/C15H23N3O2S/c1-10(2)17-9-12-6-5-7-13(8-12)21-11(3)14(19)18-15(20)16-4/h5-8,10-11,17H,9H2,1-4H3,(H2,16,18,19,20). The molecule has 0 saturated heterocycles. The number of urea groups is 1. The quantitative estimate of drug-likeness (QED) is 0.704. The summed E-state index contributed by atoms with van der Waals surface area (Å²) in [6.07, 6.45) is 0. The molecule has 1 aromatic rings. The smallest absolute Gasteiger partial charge is 0.321 e. The maximum absolute atomic E-state index is 11.8. The van der Waals surface area contributed by atoms with E-state index in [9.17, 15) is 9.59 Å². The van der Waals surface area contributed by atoms with E-state index in [2.05, 4.69) is 41.9 Å². The highest BCUT2D eigenvalue weighted by molar-refractivity contribution is 8.00.